The zero-order valence-electron chi connectivity index (χ0n) is 10.4. The molecular formula is C13H16F4N2. The van der Waals surface area contributed by atoms with Crippen LogP contribution < -0.4 is 10.6 Å². The molecule has 0 aromatic heterocycles. The molecule has 2 rings (SSSR count). The quantitative estimate of drug-likeness (QED) is 0.824. The summed E-state index contributed by atoms with van der Waals surface area (Å²) in [5.74, 6) is -0.866. The average molecular weight is 276 g/mol. The molecule has 0 amide bonds. The number of alkyl halides is 3. The van der Waals surface area contributed by atoms with Crippen molar-refractivity contribution in [3.05, 3.63) is 29.6 Å². The van der Waals surface area contributed by atoms with Gasteiger partial charge in [0, 0.05) is 12.6 Å². The van der Waals surface area contributed by atoms with Crippen LogP contribution in [0.2, 0.25) is 0 Å². The summed E-state index contributed by atoms with van der Waals surface area (Å²) in [6, 6.07) is 2.97. The van der Waals surface area contributed by atoms with E-state index < -0.39 is 17.6 Å². The summed E-state index contributed by atoms with van der Waals surface area (Å²) >= 11 is 0. The van der Waals surface area contributed by atoms with E-state index in [9.17, 15) is 17.6 Å². The first kappa shape index (κ1) is 14.1. The van der Waals surface area contributed by atoms with Crippen molar-refractivity contribution < 1.29 is 17.6 Å². The van der Waals surface area contributed by atoms with Crippen LogP contribution >= 0.6 is 0 Å². The van der Waals surface area contributed by atoms with Crippen molar-refractivity contribution in [2.75, 3.05) is 18.4 Å². The third-order valence-corrected chi connectivity index (χ3v) is 3.27. The van der Waals surface area contributed by atoms with Gasteiger partial charge in [-0.15, -0.1) is 0 Å². The molecule has 2 N–H and O–H groups in total. The van der Waals surface area contributed by atoms with E-state index in [0.717, 1.165) is 37.9 Å². The molecule has 1 aliphatic heterocycles. The van der Waals surface area contributed by atoms with Gasteiger partial charge in [0.1, 0.15) is 5.82 Å². The first-order chi connectivity index (χ1) is 8.97. The standard InChI is InChI=1S/C13H16F4N2/c14-11-8-9(13(15,16)17)3-4-12(11)19-7-5-10-2-1-6-18-10/h3-4,8,10,18-19H,1-2,5-7H2/t10-/m1/s1. The summed E-state index contributed by atoms with van der Waals surface area (Å²) < 4.78 is 50.6. The zero-order valence-corrected chi connectivity index (χ0v) is 10.4. The van der Waals surface area contributed by atoms with Gasteiger partial charge in [0.05, 0.1) is 11.3 Å². The van der Waals surface area contributed by atoms with Gasteiger partial charge in [-0.1, -0.05) is 0 Å². The Labute approximate surface area is 109 Å². The minimum absolute atomic E-state index is 0.117. The summed E-state index contributed by atoms with van der Waals surface area (Å²) in [4.78, 5) is 0. The molecule has 1 aromatic rings. The topological polar surface area (TPSA) is 24.1 Å². The van der Waals surface area contributed by atoms with Gasteiger partial charge in [-0.2, -0.15) is 13.2 Å². The van der Waals surface area contributed by atoms with Crippen molar-refractivity contribution in [1.29, 1.82) is 0 Å². The van der Waals surface area contributed by atoms with Crippen LogP contribution in [0.1, 0.15) is 24.8 Å². The fourth-order valence-electron chi connectivity index (χ4n) is 2.22. The zero-order chi connectivity index (χ0) is 13.9. The first-order valence-corrected chi connectivity index (χ1v) is 6.31. The Balaban J connectivity index is 1.90. The molecule has 6 heteroatoms. The number of hydrogen-bond acceptors (Lipinski definition) is 2. The highest BCUT2D eigenvalue weighted by Crippen LogP contribution is 2.31. The molecule has 0 saturated carbocycles. The molecule has 1 heterocycles. The highest BCUT2D eigenvalue weighted by Gasteiger charge is 2.31. The van der Waals surface area contributed by atoms with Gasteiger partial charge in [-0.25, -0.2) is 4.39 Å². The van der Waals surface area contributed by atoms with Crippen molar-refractivity contribution in [3.8, 4) is 0 Å². The highest BCUT2D eigenvalue weighted by molar-refractivity contribution is 5.46. The molecule has 2 nitrogen and oxygen atoms in total. The second kappa shape index (κ2) is 5.77. The number of rotatable bonds is 4. The van der Waals surface area contributed by atoms with Crippen molar-refractivity contribution in [3.63, 3.8) is 0 Å². The monoisotopic (exact) mass is 276 g/mol. The van der Waals surface area contributed by atoms with Gasteiger partial charge in [0.15, 0.2) is 0 Å². The molecule has 0 bridgehead atoms. The number of anilines is 1. The minimum atomic E-state index is -4.51. The lowest BCUT2D eigenvalue weighted by Gasteiger charge is -2.13. The maximum Gasteiger partial charge on any atom is 0.416 e. The van der Waals surface area contributed by atoms with E-state index in [1.54, 1.807) is 0 Å². The molecular weight excluding hydrogens is 260 g/mol. The lowest BCUT2D eigenvalue weighted by Crippen LogP contribution is -2.24. The van der Waals surface area contributed by atoms with Crippen LogP contribution in [0.15, 0.2) is 18.2 Å². The van der Waals surface area contributed by atoms with Crippen LogP contribution in [-0.4, -0.2) is 19.1 Å². The Morgan fingerprint density at radius 3 is 2.68 bits per heavy atom. The van der Waals surface area contributed by atoms with Crippen LogP contribution in [-0.2, 0) is 6.18 Å². The largest absolute Gasteiger partial charge is 0.416 e. The molecule has 0 spiro atoms. The van der Waals surface area contributed by atoms with E-state index in [4.69, 9.17) is 0 Å². The van der Waals surface area contributed by atoms with Crippen molar-refractivity contribution in [2.24, 2.45) is 0 Å². The summed E-state index contributed by atoms with van der Waals surface area (Å²) in [6.07, 6.45) is -1.44. The second-order valence-electron chi connectivity index (χ2n) is 4.70. The molecule has 1 atom stereocenters. The van der Waals surface area contributed by atoms with Gasteiger partial charge >= 0.3 is 6.18 Å². The Bertz CT molecular complexity index is 425. The van der Waals surface area contributed by atoms with Crippen molar-refractivity contribution in [1.82, 2.24) is 5.32 Å². The molecule has 1 aromatic carbocycles. The summed E-state index contributed by atoms with van der Waals surface area (Å²) in [6.45, 7) is 1.54. The molecule has 106 valence electrons. The Kier molecular flexibility index (Phi) is 4.29. The lowest BCUT2D eigenvalue weighted by molar-refractivity contribution is -0.137. The third kappa shape index (κ3) is 3.83. The van der Waals surface area contributed by atoms with Crippen LogP contribution in [0.3, 0.4) is 0 Å². The molecule has 0 unspecified atom stereocenters. The smallest absolute Gasteiger partial charge is 0.383 e. The fourth-order valence-corrected chi connectivity index (χ4v) is 2.22. The van der Waals surface area contributed by atoms with E-state index >= 15 is 0 Å². The number of benzene rings is 1. The predicted molar refractivity (Wildman–Crippen MR) is 65.5 cm³/mol. The number of hydrogen-bond donors (Lipinski definition) is 2. The third-order valence-electron chi connectivity index (χ3n) is 3.27. The van der Waals surface area contributed by atoms with Crippen LogP contribution in [0, 0.1) is 5.82 Å². The fraction of sp³-hybridized carbons (Fsp3) is 0.538. The Morgan fingerprint density at radius 1 is 1.32 bits per heavy atom. The van der Waals surface area contributed by atoms with Gasteiger partial charge in [0.2, 0.25) is 0 Å². The van der Waals surface area contributed by atoms with E-state index in [1.165, 1.54) is 0 Å². The molecule has 1 saturated heterocycles. The molecule has 0 aliphatic carbocycles. The predicted octanol–water partition coefficient (Wildman–Crippen LogP) is 3.40. The maximum absolute atomic E-state index is 13.5. The minimum Gasteiger partial charge on any atom is -0.383 e. The Hall–Kier alpha value is -1.30. The first-order valence-electron chi connectivity index (χ1n) is 6.31. The maximum atomic E-state index is 13.5. The number of nitrogens with one attached hydrogen (secondary N) is 2. The molecule has 1 fully saturated rings. The van der Waals surface area contributed by atoms with Crippen LogP contribution in [0.4, 0.5) is 23.2 Å². The molecule has 19 heavy (non-hydrogen) atoms. The SMILES string of the molecule is Fc1cc(C(F)(F)F)ccc1NCC[C@H]1CCCN1. The van der Waals surface area contributed by atoms with E-state index in [-0.39, 0.29) is 5.69 Å². The summed E-state index contributed by atoms with van der Waals surface area (Å²) in [5.41, 5.74) is -0.848. The summed E-state index contributed by atoms with van der Waals surface area (Å²) in [5, 5.41) is 6.14. The van der Waals surface area contributed by atoms with E-state index in [1.807, 2.05) is 0 Å². The van der Waals surface area contributed by atoms with Crippen LogP contribution in [0.25, 0.3) is 0 Å². The van der Waals surface area contributed by atoms with E-state index in [0.29, 0.717) is 18.7 Å². The normalized spacial score (nSPS) is 19.7. The van der Waals surface area contributed by atoms with Gasteiger partial charge in [-0.05, 0) is 44.0 Å². The van der Waals surface area contributed by atoms with E-state index in [2.05, 4.69) is 10.6 Å². The van der Waals surface area contributed by atoms with Crippen molar-refractivity contribution in [2.45, 2.75) is 31.5 Å². The van der Waals surface area contributed by atoms with Gasteiger partial charge < -0.3 is 10.6 Å². The molecule has 1 aliphatic rings. The lowest BCUT2D eigenvalue weighted by atomic mass is 10.1. The molecule has 0 radical (unpaired) electrons. The second-order valence-corrected chi connectivity index (χ2v) is 4.70. The summed E-state index contributed by atoms with van der Waals surface area (Å²) in [7, 11) is 0. The Morgan fingerprint density at radius 2 is 2.11 bits per heavy atom. The number of halogens is 4. The average Bonchev–Trinajstić information content (AvgIpc) is 2.83. The van der Waals surface area contributed by atoms with Gasteiger partial charge in [-0.3, -0.25) is 0 Å². The van der Waals surface area contributed by atoms with Crippen LogP contribution in [0.5, 0.6) is 0 Å². The highest BCUT2D eigenvalue weighted by atomic mass is 19.4. The van der Waals surface area contributed by atoms with Gasteiger partial charge in [0.25, 0.3) is 0 Å². The van der Waals surface area contributed by atoms with Crippen molar-refractivity contribution >= 4 is 5.69 Å².